The maximum atomic E-state index is 12.1. The lowest BCUT2D eigenvalue weighted by molar-refractivity contribution is -0.384. The average molecular weight is 444 g/mol. The molecular weight excluding hydrogens is 422 g/mol. The normalized spacial score (nSPS) is 11.4. The highest BCUT2D eigenvalue weighted by molar-refractivity contribution is 6.09. The highest BCUT2D eigenvalue weighted by atomic mass is 16.6. The Labute approximate surface area is 196 Å². The number of benzene rings is 4. The van der Waals surface area contributed by atoms with Crippen LogP contribution in [-0.4, -0.2) is 14.5 Å². The van der Waals surface area contributed by atoms with Crippen molar-refractivity contribution in [2.75, 3.05) is 0 Å². The van der Waals surface area contributed by atoms with E-state index >= 15 is 0 Å². The Balaban J connectivity index is 1.61. The maximum absolute atomic E-state index is 12.1. The van der Waals surface area contributed by atoms with Gasteiger partial charge in [0.2, 0.25) is 0 Å². The van der Waals surface area contributed by atoms with Gasteiger partial charge in [-0.2, -0.15) is 0 Å². The fourth-order valence-electron chi connectivity index (χ4n) is 4.93. The van der Waals surface area contributed by atoms with Crippen LogP contribution < -0.4 is 0 Å². The number of aryl methyl sites for hydroxylation is 1. The van der Waals surface area contributed by atoms with Crippen molar-refractivity contribution in [3.63, 3.8) is 0 Å². The van der Waals surface area contributed by atoms with Gasteiger partial charge in [0.15, 0.2) is 0 Å². The summed E-state index contributed by atoms with van der Waals surface area (Å²) in [6.45, 7) is 2.55. The molecular formula is C29H21N3O2. The Morgan fingerprint density at radius 2 is 1.47 bits per heavy atom. The van der Waals surface area contributed by atoms with Gasteiger partial charge in [-0.3, -0.25) is 10.1 Å². The molecule has 0 aliphatic heterocycles. The Kier molecular flexibility index (Phi) is 4.62. The Hall–Kier alpha value is -4.51. The van der Waals surface area contributed by atoms with Crippen LogP contribution in [0.5, 0.6) is 0 Å². The molecule has 0 spiro atoms. The summed E-state index contributed by atoms with van der Waals surface area (Å²) in [6, 6.07) is 32.3. The van der Waals surface area contributed by atoms with Crippen molar-refractivity contribution in [1.82, 2.24) is 9.55 Å². The number of hydrogen-bond acceptors (Lipinski definition) is 3. The summed E-state index contributed by atoms with van der Waals surface area (Å²) >= 11 is 0. The Morgan fingerprint density at radius 1 is 0.794 bits per heavy atom. The third-order valence-corrected chi connectivity index (χ3v) is 6.53. The first-order chi connectivity index (χ1) is 16.6. The fourth-order valence-corrected chi connectivity index (χ4v) is 4.93. The van der Waals surface area contributed by atoms with Crippen molar-refractivity contribution < 1.29 is 4.92 Å². The predicted octanol–water partition coefficient (Wildman–Crippen LogP) is 7.27. The smallest absolute Gasteiger partial charge is 0.298 e. The van der Waals surface area contributed by atoms with Gasteiger partial charge in [-0.05, 0) is 36.8 Å². The van der Waals surface area contributed by atoms with E-state index in [0.717, 1.165) is 44.8 Å². The SMILES string of the molecule is Cc1c([N+](=O)[O-])c(-c2ccc3c(c2)c2ccccc2n3Cc2ccccc2)nc2ccccc12. The minimum atomic E-state index is -0.313. The molecule has 2 heterocycles. The minimum Gasteiger partial charge on any atom is -0.336 e. The number of rotatable bonds is 4. The van der Waals surface area contributed by atoms with Gasteiger partial charge < -0.3 is 4.57 Å². The number of pyridine rings is 1. The van der Waals surface area contributed by atoms with E-state index in [-0.39, 0.29) is 10.6 Å². The Morgan fingerprint density at radius 3 is 2.26 bits per heavy atom. The van der Waals surface area contributed by atoms with Crippen molar-refractivity contribution >= 4 is 38.4 Å². The lowest BCUT2D eigenvalue weighted by atomic mass is 10.0. The number of nitrogens with zero attached hydrogens (tertiary/aromatic N) is 3. The summed E-state index contributed by atoms with van der Waals surface area (Å²) in [5, 5.41) is 15.1. The minimum absolute atomic E-state index is 0.0612. The van der Waals surface area contributed by atoms with Gasteiger partial charge in [0.1, 0.15) is 5.69 Å². The van der Waals surface area contributed by atoms with Crippen LogP contribution in [0.1, 0.15) is 11.1 Å². The lowest BCUT2D eigenvalue weighted by Crippen LogP contribution is -2.00. The van der Waals surface area contributed by atoms with Crippen molar-refractivity contribution in [1.29, 1.82) is 0 Å². The largest absolute Gasteiger partial charge is 0.336 e. The molecule has 5 heteroatoms. The second-order valence-electron chi connectivity index (χ2n) is 8.53. The molecule has 0 atom stereocenters. The third kappa shape index (κ3) is 3.13. The van der Waals surface area contributed by atoms with Crippen LogP contribution in [0.3, 0.4) is 0 Å². The number of aromatic nitrogens is 2. The molecule has 0 bridgehead atoms. The summed E-state index contributed by atoms with van der Waals surface area (Å²) in [4.78, 5) is 16.5. The zero-order chi connectivity index (χ0) is 23.2. The summed E-state index contributed by atoms with van der Waals surface area (Å²) in [5.74, 6) is 0. The van der Waals surface area contributed by atoms with E-state index in [0.29, 0.717) is 11.3 Å². The molecule has 34 heavy (non-hydrogen) atoms. The first kappa shape index (κ1) is 20.1. The fraction of sp³-hybridized carbons (Fsp3) is 0.0690. The van der Waals surface area contributed by atoms with Crippen molar-refractivity contribution in [3.8, 4) is 11.3 Å². The molecule has 6 rings (SSSR count). The molecule has 164 valence electrons. The van der Waals surface area contributed by atoms with Gasteiger partial charge in [-0.15, -0.1) is 0 Å². The van der Waals surface area contributed by atoms with Crippen LogP contribution in [0.25, 0.3) is 44.0 Å². The van der Waals surface area contributed by atoms with Crippen LogP contribution in [0, 0.1) is 17.0 Å². The standard InChI is InChI=1S/C29H21N3O2/c1-19-22-11-5-7-13-25(22)30-28(29(19)32(33)34)21-15-16-27-24(17-21)23-12-6-8-14-26(23)31(27)18-20-9-3-2-4-10-20/h2-17H,18H2,1H3. The third-order valence-electron chi connectivity index (χ3n) is 6.53. The molecule has 4 aromatic carbocycles. The molecule has 0 radical (unpaired) electrons. The zero-order valence-electron chi connectivity index (χ0n) is 18.6. The quantitative estimate of drug-likeness (QED) is 0.212. The van der Waals surface area contributed by atoms with Crippen LogP contribution in [0.4, 0.5) is 5.69 Å². The molecule has 0 N–H and O–H groups in total. The molecule has 6 aromatic rings. The summed E-state index contributed by atoms with van der Waals surface area (Å²) in [5.41, 5.74) is 6.05. The van der Waals surface area contributed by atoms with Gasteiger partial charge in [0.25, 0.3) is 5.69 Å². The molecule has 0 aliphatic carbocycles. The summed E-state index contributed by atoms with van der Waals surface area (Å²) in [6.07, 6.45) is 0. The van der Waals surface area contributed by atoms with E-state index in [1.54, 1.807) is 6.92 Å². The lowest BCUT2D eigenvalue weighted by Gasteiger charge is -2.10. The second-order valence-corrected chi connectivity index (χ2v) is 8.53. The predicted molar refractivity (Wildman–Crippen MR) is 137 cm³/mol. The number of nitro groups is 1. The highest BCUT2D eigenvalue weighted by Gasteiger charge is 2.24. The van der Waals surface area contributed by atoms with Crippen LogP contribution in [-0.2, 0) is 6.54 Å². The van der Waals surface area contributed by atoms with Crippen LogP contribution in [0.2, 0.25) is 0 Å². The number of fused-ring (bicyclic) bond motifs is 4. The van der Waals surface area contributed by atoms with E-state index in [1.165, 1.54) is 5.56 Å². The van der Waals surface area contributed by atoms with Gasteiger partial charge in [0, 0.05) is 44.9 Å². The first-order valence-corrected chi connectivity index (χ1v) is 11.2. The number of para-hydroxylation sites is 2. The monoisotopic (exact) mass is 443 g/mol. The molecule has 0 unspecified atom stereocenters. The van der Waals surface area contributed by atoms with Gasteiger partial charge in [-0.25, -0.2) is 4.98 Å². The summed E-state index contributed by atoms with van der Waals surface area (Å²) < 4.78 is 2.30. The van der Waals surface area contributed by atoms with Crippen LogP contribution in [0.15, 0.2) is 97.1 Å². The van der Waals surface area contributed by atoms with Crippen LogP contribution >= 0.6 is 0 Å². The molecule has 0 amide bonds. The second kappa shape index (κ2) is 7.81. The molecule has 5 nitrogen and oxygen atoms in total. The van der Waals surface area contributed by atoms with E-state index in [2.05, 4.69) is 34.9 Å². The van der Waals surface area contributed by atoms with Gasteiger partial charge in [-0.1, -0.05) is 72.8 Å². The van der Waals surface area contributed by atoms with E-state index in [1.807, 2.05) is 66.7 Å². The van der Waals surface area contributed by atoms with Gasteiger partial charge >= 0.3 is 0 Å². The topological polar surface area (TPSA) is 61.0 Å². The van der Waals surface area contributed by atoms with Crippen molar-refractivity contribution in [2.24, 2.45) is 0 Å². The first-order valence-electron chi connectivity index (χ1n) is 11.2. The van der Waals surface area contributed by atoms with E-state index in [4.69, 9.17) is 4.98 Å². The highest BCUT2D eigenvalue weighted by Crippen LogP contribution is 2.38. The maximum Gasteiger partial charge on any atom is 0.298 e. The average Bonchev–Trinajstić information content (AvgIpc) is 3.17. The van der Waals surface area contributed by atoms with Crippen molar-refractivity contribution in [2.45, 2.75) is 13.5 Å². The number of hydrogen-bond donors (Lipinski definition) is 0. The van der Waals surface area contributed by atoms with Gasteiger partial charge in [0.05, 0.1) is 10.4 Å². The molecule has 0 aliphatic rings. The summed E-state index contributed by atoms with van der Waals surface area (Å²) in [7, 11) is 0. The Bertz CT molecular complexity index is 1720. The molecule has 0 fully saturated rings. The van der Waals surface area contributed by atoms with E-state index in [9.17, 15) is 10.1 Å². The zero-order valence-corrected chi connectivity index (χ0v) is 18.6. The molecule has 2 aromatic heterocycles. The van der Waals surface area contributed by atoms with E-state index < -0.39 is 0 Å². The van der Waals surface area contributed by atoms with Crippen molar-refractivity contribution in [3.05, 3.63) is 118 Å². The molecule has 0 saturated carbocycles. The molecule has 0 saturated heterocycles.